The third-order valence-electron chi connectivity index (χ3n) is 2.16. The maximum Gasteiger partial charge on any atom is 0.167 e. The van der Waals surface area contributed by atoms with Gasteiger partial charge < -0.3 is 5.43 Å². The van der Waals surface area contributed by atoms with E-state index in [2.05, 4.69) is 16.5 Å². The Morgan fingerprint density at radius 1 is 1.33 bits per heavy atom. The van der Waals surface area contributed by atoms with Gasteiger partial charge in [-0.3, -0.25) is 0 Å². The van der Waals surface area contributed by atoms with Gasteiger partial charge in [0.25, 0.3) is 0 Å². The van der Waals surface area contributed by atoms with Gasteiger partial charge in [-0.25, -0.2) is 9.66 Å². The van der Waals surface area contributed by atoms with Crippen molar-refractivity contribution in [2.45, 2.75) is 0 Å². The van der Waals surface area contributed by atoms with Gasteiger partial charge in [-0.2, -0.15) is 5.26 Å². The van der Waals surface area contributed by atoms with Crippen molar-refractivity contribution in [2.75, 3.05) is 12.5 Å². The van der Waals surface area contributed by atoms with Crippen molar-refractivity contribution in [3.63, 3.8) is 0 Å². The van der Waals surface area contributed by atoms with Crippen LogP contribution in [0.5, 0.6) is 0 Å². The molecule has 0 aliphatic rings. The highest BCUT2D eigenvalue weighted by Gasteiger charge is 2.10. The number of aromatic nitrogens is 2. The van der Waals surface area contributed by atoms with E-state index in [4.69, 9.17) is 5.26 Å². The summed E-state index contributed by atoms with van der Waals surface area (Å²) in [6, 6.07) is 11.8. The molecule has 0 amide bonds. The van der Waals surface area contributed by atoms with Crippen molar-refractivity contribution in [1.82, 2.24) is 9.66 Å². The highest BCUT2D eigenvalue weighted by molar-refractivity contribution is 5.64. The van der Waals surface area contributed by atoms with E-state index in [1.165, 1.54) is 0 Å². The molecule has 1 heterocycles. The Labute approximate surface area is 87.8 Å². The van der Waals surface area contributed by atoms with Gasteiger partial charge in [0, 0.05) is 12.6 Å². The average Bonchev–Trinajstić information content (AvgIpc) is 2.72. The second kappa shape index (κ2) is 3.84. The third-order valence-corrected chi connectivity index (χ3v) is 2.16. The molecule has 0 spiro atoms. The van der Waals surface area contributed by atoms with Gasteiger partial charge in [-0.05, 0) is 0 Å². The first-order valence-electron chi connectivity index (χ1n) is 4.57. The lowest BCUT2D eigenvalue weighted by Gasteiger charge is -2.01. The number of rotatable bonds is 2. The molecule has 0 saturated carbocycles. The van der Waals surface area contributed by atoms with Crippen LogP contribution in [0.1, 0.15) is 5.69 Å². The second-order valence-corrected chi connectivity index (χ2v) is 3.01. The van der Waals surface area contributed by atoms with E-state index >= 15 is 0 Å². The monoisotopic (exact) mass is 198 g/mol. The number of nitriles is 1. The maximum absolute atomic E-state index is 9.03. The Kier molecular flexibility index (Phi) is 2.38. The fourth-order valence-electron chi connectivity index (χ4n) is 1.43. The fraction of sp³-hybridized carbons (Fsp3) is 0.0909. The summed E-state index contributed by atoms with van der Waals surface area (Å²) >= 11 is 0. The van der Waals surface area contributed by atoms with Crippen LogP contribution in [0.15, 0.2) is 36.7 Å². The molecule has 0 bridgehead atoms. The molecule has 1 aromatic heterocycles. The van der Waals surface area contributed by atoms with Crippen LogP contribution in [0.2, 0.25) is 0 Å². The first kappa shape index (κ1) is 9.28. The highest BCUT2D eigenvalue weighted by Crippen LogP contribution is 2.20. The molecule has 2 aromatic rings. The van der Waals surface area contributed by atoms with Gasteiger partial charge in [0.05, 0.1) is 0 Å². The van der Waals surface area contributed by atoms with Crippen LogP contribution in [0.25, 0.3) is 11.3 Å². The van der Waals surface area contributed by atoms with Crippen LogP contribution in [0, 0.1) is 11.3 Å². The zero-order chi connectivity index (χ0) is 10.7. The highest BCUT2D eigenvalue weighted by atomic mass is 15.4. The van der Waals surface area contributed by atoms with Gasteiger partial charge in [0.1, 0.15) is 18.1 Å². The fourth-order valence-corrected chi connectivity index (χ4v) is 1.43. The predicted octanol–water partition coefficient (Wildman–Crippen LogP) is 1.60. The van der Waals surface area contributed by atoms with Crippen LogP contribution in [-0.4, -0.2) is 16.7 Å². The predicted molar refractivity (Wildman–Crippen MR) is 57.7 cm³/mol. The van der Waals surface area contributed by atoms with Gasteiger partial charge in [-0.15, -0.1) is 0 Å². The Balaban J connectivity index is 2.55. The third kappa shape index (κ3) is 1.55. The Hall–Kier alpha value is -2.28. The lowest BCUT2D eigenvalue weighted by molar-refractivity contribution is 0.907. The molecule has 1 aromatic carbocycles. The minimum absolute atomic E-state index is 0.517. The summed E-state index contributed by atoms with van der Waals surface area (Å²) < 4.78 is 1.60. The SMILES string of the molecule is CNn1cnc(-c2ccccc2)c1C#N. The van der Waals surface area contributed by atoms with Crippen molar-refractivity contribution in [3.8, 4) is 17.3 Å². The summed E-state index contributed by atoms with van der Waals surface area (Å²) in [6.45, 7) is 0. The molecular formula is C11H10N4. The van der Waals surface area contributed by atoms with Gasteiger partial charge in [-0.1, -0.05) is 30.3 Å². The second-order valence-electron chi connectivity index (χ2n) is 3.01. The summed E-state index contributed by atoms with van der Waals surface area (Å²) in [5, 5.41) is 9.03. The number of imidazole rings is 1. The minimum Gasteiger partial charge on any atom is -0.327 e. The van der Waals surface area contributed by atoms with Crippen LogP contribution >= 0.6 is 0 Å². The molecule has 0 radical (unpaired) electrons. The maximum atomic E-state index is 9.03. The molecule has 0 atom stereocenters. The van der Waals surface area contributed by atoms with Crippen molar-refractivity contribution in [3.05, 3.63) is 42.4 Å². The summed E-state index contributed by atoms with van der Waals surface area (Å²) in [7, 11) is 1.75. The number of hydrogen-bond acceptors (Lipinski definition) is 3. The molecule has 1 N–H and O–H groups in total. The van der Waals surface area contributed by atoms with E-state index in [1.807, 2.05) is 30.3 Å². The van der Waals surface area contributed by atoms with E-state index in [-0.39, 0.29) is 0 Å². The number of benzene rings is 1. The normalized spacial score (nSPS) is 9.60. The Morgan fingerprint density at radius 2 is 2.07 bits per heavy atom. The number of nitrogens with zero attached hydrogens (tertiary/aromatic N) is 3. The Bertz CT molecular complexity index is 493. The van der Waals surface area contributed by atoms with Crippen molar-refractivity contribution < 1.29 is 0 Å². The largest absolute Gasteiger partial charge is 0.327 e. The van der Waals surface area contributed by atoms with E-state index in [0.717, 1.165) is 5.56 Å². The molecule has 0 aliphatic carbocycles. The van der Waals surface area contributed by atoms with E-state index in [1.54, 1.807) is 18.1 Å². The molecule has 0 aliphatic heterocycles. The van der Waals surface area contributed by atoms with Gasteiger partial charge >= 0.3 is 0 Å². The zero-order valence-electron chi connectivity index (χ0n) is 8.31. The zero-order valence-corrected chi connectivity index (χ0v) is 8.31. The van der Waals surface area contributed by atoms with Crippen LogP contribution < -0.4 is 5.43 Å². The van der Waals surface area contributed by atoms with Crippen LogP contribution in [-0.2, 0) is 0 Å². The molecule has 74 valence electrons. The molecule has 4 heteroatoms. The van der Waals surface area contributed by atoms with Crippen LogP contribution in [0.3, 0.4) is 0 Å². The molecule has 0 unspecified atom stereocenters. The quantitative estimate of drug-likeness (QED) is 0.797. The first-order chi connectivity index (χ1) is 7.36. The van der Waals surface area contributed by atoms with Gasteiger partial charge in [0.15, 0.2) is 5.69 Å². The van der Waals surface area contributed by atoms with Crippen molar-refractivity contribution in [1.29, 1.82) is 5.26 Å². The molecular weight excluding hydrogens is 188 g/mol. The standard InChI is InChI=1S/C11H10N4/c1-13-15-8-14-11(10(15)7-12)9-5-3-2-4-6-9/h2-6,8,13H,1H3. The van der Waals surface area contributed by atoms with Crippen molar-refractivity contribution >= 4 is 0 Å². The molecule has 0 saturated heterocycles. The lowest BCUT2D eigenvalue weighted by atomic mass is 10.1. The minimum atomic E-state index is 0.517. The summed E-state index contributed by atoms with van der Waals surface area (Å²) in [6.07, 6.45) is 1.60. The lowest BCUT2D eigenvalue weighted by Crippen LogP contribution is -2.09. The van der Waals surface area contributed by atoms with E-state index < -0.39 is 0 Å². The average molecular weight is 198 g/mol. The summed E-state index contributed by atoms with van der Waals surface area (Å²) in [4.78, 5) is 4.21. The summed E-state index contributed by atoms with van der Waals surface area (Å²) in [5.74, 6) is 0. The van der Waals surface area contributed by atoms with Crippen LogP contribution in [0.4, 0.5) is 0 Å². The first-order valence-corrected chi connectivity index (χ1v) is 4.57. The topological polar surface area (TPSA) is 53.6 Å². The van der Waals surface area contributed by atoms with Gasteiger partial charge in [0.2, 0.25) is 0 Å². The molecule has 2 rings (SSSR count). The van der Waals surface area contributed by atoms with E-state index in [9.17, 15) is 0 Å². The molecule has 0 fully saturated rings. The number of nitrogens with one attached hydrogen (secondary N) is 1. The van der Waals surface area contributed by atoms with E-state index in [0.29, 0.717) is 11.4 Å². The number of hydrogen-bond donors (Lipinski definition) is 1. The summed E-state index contributed by atoms with van der Waals surface area (Å²) in [5.41, 5.74) is 5.03. The smallest absolute Gasteiger partial charge is 0.167 e. The Morgan fingerprint density at radius 3 is 2.67 bits per heavy atom. The van der Waals surface area contributed by atoms with Crippen molar-refractivity contribution in [2.24, 2.45) is 0 Å². The molecule has 4 nitrogen and oxygen atoms in total. The molecule has 15 heavy (non-hydrogen) atoms.